The minimum absolute atomic E-state index is 0.144. The van der Waals surface area contributed by atoms with Gasteiger partial charge < -0.3 is 0 Å². The summed E-state index contributed by atoms with van der Waals surface area (Å²) in [7, 11) is 0. The lowest BCUT2D eigenvalue weighted by Gasteiger charge is -2.41. The molecule has 2 atom stereocenters. The van der Waals surface area contributed by atoms with Crippen molar-refractivity contribution in [1.29, 1.82) is 0 Å². The van der Waals surface area contributed by atoms with Gasteiger partial charge >= 0.3 is 0 Å². The van der Waals surface area contributed by atoms with Crippen molar-refractivity contribution < 1.29 is 4.39 Å². The number of aromatic nitrogens is 4. The van der Waals surface area contributed by atoms with Gasteiger partial charge in [0, 0.05) is 32.2 Å². The predicted octanol–water partition coefficient (Wildman–Crippen LogP) is 2.92. The van der Waals surface area contributed by atoms with Crippen molar-refractivity contribution >= 4 is 0 Å². The molecular weight excluding hydrogens is 379 g/mol. The number of rotatable bonds is 6. The van der Waals surface area contributed by atoms with E-state index in [1.54, 1.807) is 12.1 Å². The molecule has 0 spiro atoms. The molecule has 0 N–H and O–H groups in total. The van der Waals surface area contributed by atoms with Crippen molar-refractivity contribution in [3.8, 4) is 0 Å². The third kappa shape index (κ3) is 4.00. The maximum absolute atomic E-state index is 14.1. The Hall–Kier alpha value is -2.64. The van der Waals surface area contributed by atoms with Crippen LogP contribution in [0.1, 0.15) is 35.8 Å². The maximum Gasteiger partial charge on any atom is 0.173 e. The number of tetrazole rings is 1. The van der Waals surface area contributed by atoms with E-state index in [2.05, 4.69) is 37.5 Å². The van der Waals surface area contributed by atoms with Crippen molar-refractivity contribution in [3.63, 3.8) is 0 Å². The molecule has 30 heavy (non-hydrogen) atoms. The molecule has 6 nitrogen and oxygen atoms in total. The minimum atomic E-state index is -0.222. The largest absolute Gasteiger partial charge is 0.298 e. The number of nitrogens with zero attached hydrogens (tertiary/aromatic N) is 6. The van der Waals surface area contributed by atoms with Crippen molar-refractivity contribution in [3.05, 3.63) is 77.4 Å². The molecule has 2 saturated heterocycles. The summed E-state index contributed by atoms with van der Waals surface area (Å²) >= 11 is 0. The van der Waals surface area contributed by atoms with Crippen molar-refractivity contribution in [2.75, 3.05) is 26.2 Å². The van der Waals surface area contributed by atoms with Crippen LogP contribution in [0.15, 0.2) is 54.6 Å². The molecule has 0 unspecified atom stereocenters. The fraction of sp³-hybridized carbons (Fsp3) is 0.435. The minimum Gasteiger partial charge on any atom is -0.298 e. The van der Waals surface area contributed by atoms with Crippen LogP contribution in [0.25, 0.3) is 0 Å². The molecule has 5 rings (SSSR count). The van der Waals surface area contributed by atoms with E-state index in [4.69, 9.17) is 0 Å². The third-order valence-electron chi connectivity index (χ3n) is 6.41. The molecule has 1 aromatic heterocycles. The van der Waals surface area contributed by atoms with Gasteiger partial charge in [0.15, 0.2) is 5.82 Å². The Labute approximate surface area is 176 Å². The van der Waals surface area contributed by atoms with Crippen molar-refractivity contribution in [2.45, 2.75) is 37.9 Å². The Morgan fingerprint density at radius 3 is 2.80 bits per heavy atom. The zero-order chi connectivity index (χ0) is 20.3. The number of benzene rings is 2. The number of piperazine rings is 1. The second-order valence-corrected chi connectivity index (χ2v) is 8.28. The molecule has 0 saturated carbocycles. The normalized spacial score (nSPS) is 20.9. The molecule has 7 heteroatoms. The van der Waals surface area contributed by atoms with E-state index in [9.17, 15) is 4.39 Å². The number of hydrogen-bond acceptors (Lipinski definition) is 5. The van der Waals surface area contributed by atoms with E-state index in [0.717, 1.165) is 37.4 Å². The molecular formula is C23H27FN6. The Morgan fingerprint density at radius 2 is 1.93 bits per heavy atom. The fourth-order valence-electron chi connectivity index (χ4n) is 4.90. The highest BCUT2D eigenvalue weighted by Gasteiger charge is 2.36. The third-order valence-corrected chi connectivity index (χ3v) is 6.41. The van der Waals surface area contributed by atoms with Crippen LogP contribution in [0.4, 0.5) is 4.39 Å². The summed E-state index contributed by atoms with van der Waals surface area (Å²) in [6, 6.07) is 17.7. The van der Waals surface area contributed by atoms with E-state index >= 15 is 0 Å². The standard InChI is InChI=1S/C23H27FN6/c24-20-9-4-8-19(16-20)22(29-15-14-28-12-5-10-21(28)17-29)23-25-26-27-30(23)13-11-18-6-2-1-3-7-18/h1-4,6-9,16,21-22H,5,10-15,17H2/t21-,22+/m0/s1. The van der Waals surface area contributed by atoms with E-state index in [0.29, 0.717) is 12.6 Å². The average Bonchev–Trinajstić information content (AvgIpc) is 3.42. The summed E-state index contributed by atoms with van der Waals surface area (Å²) < 4.78 is 16.0. The Balaban J connectivity index is 1.44. The molecule has 2 fully saturated rings. The highest BCUT2D eigenvalue weighted by atomic mass is 19.1. The van der Waals surface area contributed by atoms with Gasteiger partial charge in [-0.1, -0.05) is 42.5 Å². The van der Waals surface area contributed by atoms with Gasteiger partial charge in [0.1, 0.15) is 5.82 Å². The molecule has 0 bridgehead atoms. The zero-order valence-corrected chi connectivity index (χ0v) is 17.1. The second-order valence-electron chi connectivity index (χ2n) is 8.28. The smallest absolute Gasteiger partial charge is 0.173 e. The molecule has 0 aliphatic carbocycles. The molecule has 0 radical (unpaired) electrons. The number of fused-ring (bicyclic) bond motifs is 1. The number of aryl methyl sites for hydroxylation is 2. The van der Waals surface area contributed by atoms with Crippen LogP contribution in [-0.4, -0.2) is 62.2 Å². The van der Waals surface area contributed by atoms with Crippen LogP contribution in [0.5, 0.6) is 0 Å². The maximum atomic E-state index is 14.1. The highest BCUT2D eigenvalue weighted by molar-refractivity contribution is 5.26. The first kappa shape index (κ1) is 19.3. The first-order valence-electron chi connectivity index (χ1n) is 10.8. The Kier molecular flexibility index (Phi) is 5.55. The number of hydrogen-bond donors (Lipinski definition) is 0. The zero-order valence-electron chi connectivity index (χ0n) is 17.1. The molecule has 3 heterocycles. The van der Waals surface area contributed by atoms with Gasteiger partial charge in [-0.15, -0.1) is 5.10 Å². The van der Waals surface area contributed by atoms with Gasteiger partial charge in [0.2, 0.25) is 0 Å². The van der Waals surface area contributed by atoms with Crippen LogP contribution in [0, 0.1) is 5.82 Å². The van der Waals surface area contributed by atoms with Crippen molar-refractivity contribution in [2.24, 2.45) is 0 Å². The summed E-state index contributed by atoms with van der Waals surface area (Å²) in [5, 5.41) is 12.7. The Bertz CT molecular complexity index is 975. The van der Waals surface area contributed by atoms with E-state index in [1.807, 2.05) is 28.9 Å². The summed E-state index contributed by atoms with van der Waals surface area (Å²) in [5.74, 6) is 0.572. The van der Waals surface area contributed by atoms with Crippen molar-refractivity contribution in [1.82, 2.24) is 30.0 Å². The summed E-state index contributed by atoms with van der Waals surface area (Å²) in [6.07, 6.45) is 3.34. The summed E-state index contributed by atoms with van der Waals surface area (Å²) in [5.41, 5.74) is 2.16. The van der Waals surface area contributed by atoms with E-state index in [1.165, 1.54) is 31.0 Å². The number of halogens is 1. The van der Waals surface area contributed by atoms with E-state index < -0.39 is 0 Å². The van der Waals surface area contributed by atoms with Crippen LogP contribution in [0.2, 0.25) is 0 Å². The molecule has 0 amide bonds. The second kappa shape index (κ2) is 8.62. The summed E-state index contributed by atoms with van der Waals surface area (Å²) in [4.78, 5) is 5.02. The molecule has 156 valence electrons. The van der Waals surface area contributed by atoms with Crippen LogP contribution < -0.4 is 0 Å². The lowest BCUT2D eigenvalue weighted by atomic mass is 10.0. The summed E-state index contributed by atoms with van der Waals surface area (Å²) in [6.45, 7) is 4.83. The van der Waals surface area contributed by atoms with Gasteiger partial charge in [-0.3, -0.25) is 9.80 Å². The molecule has 2 aliphatic heterocycles. The molecule has 2 aromatic carbocycles. The molecule has 3 aromatic rings. The first-order chi connectivity index (χ1) is 14.8. The monoisotopic (exact) mass is 406 g/mol. The Morgan fingerprint density at radius 1 is 1.03 bits per heavy atom. The van der Waals surface area contributed by atoms with Gasteiger partial charge in [-0.25, -0.2) is 9.07 Å². The lowest BCUT2D eigenvalue weighted by Crippen LogP contribution is -2.51. The first-order valence-corrected chi connectivity index (χ1v) is 10.8. The topological polar surface area (TPSA) is 50.1 Å². The van der Waals surface area contributed by atoms with E-state index in [-0.39, 0.29) is 11.9 Å². The van der Waals surface area contributed by atoms with Crippen LogP contribution in [-0.2, 0) is 13.0 Å². The van der Waals surface area contributed by atoms with Crippen LogP contribution >= 0.6 is 0 Å². The molecule has 2 aliphatic rings. The predicted molar refractivity (Wildman–Crippen MR) is 112 cm³/mol. The van der Waals surface area contributed by atoms with Gasteiger partial charge in [0.25, 0.3) is 0 Å². The average molecular weight is 407 g/mol. The highest BCUT2D eigenvalue weighted by Crippen LogP contribution is 2.32. The van der Waals surface area contributed by atoms with Gasteiger partial charge in [-0.2, -0.15) is 0 Å². The van der Waals surface area contributed by atoms with Crippen LogP contribution in [0.3, 0.4) is 0 Å². The SMILES string of the molecule is Fc1cccc([C@H](c2nnnn2CCc2ccccc2)N2CCN3CCC[C@H]3C2)c1. The quantitative estimate of drug-likeness (QED) is 0.630. The lowest BCUT2D eigenvalue weighted by molar-refractivity contribution is 0.0792. The van der Waals surface area contributed by atoms with Gasteiger partial charge in [-0.05, 0) is 59.5 Å². The fourth-order valence-corrected chi connectivity index (χ4v) is 4.90. The van der Waals surface area contributed by atoms with Gasteiger partial charge in [0.05, 0.1) is 6.04 Å².